The highest BCUT2D eigenvalue weighted by Gasteiger charge is 2.58. The smallest absolute Gasteiger partial charge is 0.191 e. The van der Waals surface area contributed by atoms with Crippen molar-refractivity contribution in [2.45, 2.75) is 22.5 Å². The van der Waals surface area contributed by atoms with Crippen LogP contribution in [0.15, 0.2) is 35.2 Å². The summed E-state index contributed by atoms with van der Waals surface area (Å²) < 4.78 is 23.2. The second-order valence-electron chi connectivity index (χ2n) is 3.80. The standard InChI is InChI=1S/C10H12N2O3S/c11-9(12-13)10(6-7-10)16(14,15)8-4-2-1-3-5-8/h1-5,13H,6-7H2,(H2,11,12). The average molecular weight is 240 g/mol. The van der Waals surface area contributed by atoms with Crippen LogP contribution in [0.25, 0.3) is 0 Å². The van der Waals surface area contributed by atoms with E-state index < -0.39 is 14.6 Å². The quantitative estimate of drug-likeness (QED) is 0.417. The average Bonchev–Trinajstić information content (AvgIpc) is 3.10. The minimum absolute atomic E-state index is 0.188. The Morgan fingerprint density at radius 3 is 2.31 bits per heavy atom. The van der Waals surface area contributed by atoms with Gasteiger partial charge < -0.3 is 0 Å². The third-order valence-corrected chi connectivity index (χ3v) is 5.37. The summed E-state index contributed by atoms with van der Waals surface area (Å²) in [6.07, 6.45) is 0.743. The van der Waals surface area contributed by atoms with Gasteiger partial charge in [0, 0.05) is 0 Å². The maximum Gasteiger partial charge on any atom is 0.191 e. The molecule has 1 saturated carbocycles. The highest BCUT2D eigenvalue weighted by atomic mass is 32.2. The van der Waals surface area contributed by atoms with E-state index in [1.165, 1.54) is 12.1 Å². The molecular formula is C10H12N2O3S. The highest BCUT2D eigenvalue weighted by molar-refractivity contribution is 7.94. The lowest BCUT2D eigenvalue weighted by Crippen LogP contribution is -2.40. The van der Waals surface area contributed by atoms with Crippen molar-refractivity contribution in [3.8, 4) is 0 Å². The molecule has 0 saturated heterocycles. The van der Waals surface area contributed by atoms with Gasteiger partial charge in [-0.05, 0) is 25.0 Å². The van der Waals surface area contributed by atoms with Crippen LogP contribution in [-0.4, -0.2) is 24.2 Å². The van der Waals surface area contributed by atoms with Gasteiger partial charge in [-0.25, -0.2) is 8.42 Å². The van der Waals surface area contributed by atoms with Gasteiger partial charge >= 0.3 is 0 Å². The van der Waals surface area contributed by atoms with Crippen molar-refractivity contribution >= 4 is 15.7 Å². The Morgan fingerprint density at radius 1 is 1.31 bits per heavy atom. The molecule has 16 heavy (non-hydrogen) atoms. The molecule has 1 fully saturated rings. The van der Waals surface area contributed by atoms with Gasteiger partial charge in [0.1, 0.15) is 10.6 Å². The van der Waals surface area contributed by atoms with Crippen molar-refractivity contribution in [2.75, 3.05) is 0 Å². The molecule has 2 rings (SSSR count). The van der Waals surface area contributed by atoms with Crippen LogP contribution in [0.5, 0.6) is 0 Å². The molecule has 0 radical (unpaired) electrons. The molecule has 1 aliphatic carbocycles. The zero-order valence-corrected chi connectivity index (χ0v) is 9.29. The summed E-state index contributed by atoms with van der Waals surface area (Å²) in [6.45, 7) is 0. The Balaban J connectivity index is 2.45. The normalized spacial score (nSPS) is 17.8. The Morgan fingerprint density at radius 2 is 1.88 bits per heavy atom. The number of sulfone groups is 1. The maximum absolute atomic E-state index is 12.2. The summed E-state index contributed by atoms with van der Waals surface area (Å²) in [5.74, 6) is -0.351. The molecule has 0 unspecified atom stereocenters. The SMILES string of the molecule is N=C(NO)C1(S(=O)(=O)c2ccccc2)CC1. The molecule has 1 aromatic rings. The summed E-state index contributed by atoms with van der Waals surface area (Å²) in [7, 11) is -3.59. The lowest BCUT2D eigenvalue weighted by molar-refractivity contribution is 0.230. The van der Waals surface area contributed by atoms with Gasteiger partial charge in [0.05, 0.1) is 4.90 Å². The monoisotopic (exact) mass is 240 g/mol. The van der Waals surface area contributed by atoms with E-state index in [1.54, 1.807) is 23.7 Å². The molecule has 0 heterocycles. The fourth-order valence-corrected chi connectivity index (χ4v) is 3.61. The van der Waals surface area contributed by atoms with E-state index in [4.69, 9.17) is 10.6 Å². The fraction of sp³-hybridized carbons (Fsp3) is 0.300. The van der Waals surface area contributed by atoms with E-state index in [9.17, 15) is 8.42 Å². The largest absolute Gasteiger partial charge is 0.290 e. The summed E-state index contributed by atoms with van der Waals surface area (Å²) in [4.78, 5) is 0.188. The third kappa shape index (κ3) is 1.42. The zero-order valence-electron chi connectivity index (χ0n) is 8.47. The third-order valence-electron chi connectivity index (χ3n) is 2.84. The molecule has 0 spiro atoms. The number of nitrogens with one attached hydrogen (secondary N) is 2. The number of rotatable bonds is 3. The number of amidine groups is 1. The van der Waals surface area contributed by atoms with Crippen LogP contribution in [0.4, 0.5) is 0 Å². The highest BCUT2D eigenvalue weighted by Crippen LogP contribution is 2.46. The summed E-state index contributed by atoms with van der Waals surface area (Å²) in [6, 6.07) is 8.01. The first-order chi connectivity index (χ1) is 7.54. The molecule has 86 valence electrons. The van der Waals surface area contributed by atoms with Gasteiger partial charge in [0.2, 0.25) is 0 Å². The van der Waals surface area contributed by atoms with Crippen LogP contribution in [-0.2, 0) is 9.84 Å². The summed E-state index contributed by atoms with van der Waals surface area (Å²) >= 11 is 0. The minimum atomic E-state index is -3.59. The Kier molecular flexibility index (Phi) is 2.47. The van der Waals surface area contributed by atoms with Gasteiger partial charge in [0.15, 0.2) is 9.84 Å². The first-order valence-corrected chi connectivity index (χ1v) is 6.32. The van der Waals surface area contributed by atoms with Gasteiger partial charge in [-0.15, -0.1) is 0 Å². The van der Waals surface area contributed by atoms with E-state index in [1.807, 2.05) is 0 Å². The van der Waals surface area contributed by atoms with Crippen LogP contribution >= 0.6 is 0 Å². The van der Waals surface area contributed by atoms with Crippen molar-refractivity contribution in [3.05, 3.63) is 30.3 Å². The predicted octanol–water partition coefficient (Wildman–Crippen LogP) is 0.949. The van der Waals surface area contributed by atoms with Crippen LogP contribution in [0.1, 0.15) is 12.8 Å². The molecule has 0 bridgehead atoms. The van der Waals surface area contributed by atoms with Crippen molar-refractivity contribution in [3.63, 3.8) is 0 Å². The van der Waals surface area contributed by atoms with Crippen LogP contribution < -0.4 is 5.48 Å². The molecule has 0 aliphatic heterocycles. The van der Waals surface area contributed by atoms with E-state index >= 15 is 0 Å². The Labute approximate surface area is 93.5 Å². The van der Waals surface area contributed by atoms with Gasteiger partial charge in [-0.2, -0.15) is 0 Å². The minimum Gasteiger partial charge on any atom is -0.290 e. The van der Waals surface area contributed by atoms with Gasteiger partial charge in [-0.1, -0.05) is 18.2 Å². The predicted molar refractivity (Wildman–Crippen MR) is 58.2 cm³/mol. The van der Waals surface area contributed by atoms with Crippen molar-refractivity contribution in [2.24, 2.45) is 0 Å². The number of hydroxylamine groups is 1. The molecule has 6 heteroatoms. The van der Waals surface area contributed by atoms with Crippen LogP contribution in [0.2, 0.25) is 0 Å². The summed E-state index contributed by atoms with van der Waals surface area (Å²) in [5.41, 5.74) is 1.65. The van der Waals surface area contributed by atoms with Crippen LogP contribution in [0.3, 0.4) is 0 Å². The molecule has 1 aliphatic rings. The summed E-state index contributed by atoms with van der Waals surface area (Å²) in [5, 5.41) is 16.1. The first kappa shape index (κ1) is 11.1. The van der Waals surface area contributed by atoms with Crippen LogP contribution in [0, 0.1) is 5.41 Å². The molecular weight excluding hydrogens is 228 g/mol. The van der Waals surface area contributed by atoms with Crippen molar-refractivity contribution < 1.29 is 13.6 Å². The van der Waals surface area contributed by atoms with Gasteiger partial charge in [-0.3, -0.25) is 16.1 Å². The number of hydrogen-bond donors (Lipinski definition) is 3. The molecule has 5 nitrogen and oxygen atoms in total. The Hall–Kier alpha value is -1.40. The van der Waals surface area contributed by atoms with Gasteiger partial charge in [0.25, 0.3) is 0 Å². The topological polar surface area (TPSA) is 90.2 Å². The first-order valence-electron chi connectivity index (χ1n) is 4.83. The van der Waals surface area contributed by atoms with E-state index in [-0.39, 0.29) is 10.7 Å². The fourth-order valence-electron chi connectivity index (χ4n) is 1.69. The second kappa shape index (κ2) is 3.57. The van der Waals surface area contributed by atoms with E-state index in [0.29, 0.717) is 12.8 Å². The maximum atomic E-state index is 12.2. The molecule has 0 aromatic heterocycles. The lowest BCUT2D eigenvalue weighted by atomic mass is 10.4. The van der Waals surface area contributed by atoms with E-state index in [0.717, 1.165) is 0 Å². The molecule has 1 aromatic carbocycles. The second-order valence-corrected chi connectivity index (χ2v) is 6.06. The molecule has 3 N–H and O–H groups in total. The van der Waals surface area contributed by atoms with Crippen molar-refractivity contribution in [1.82, 2.24) is 5.48 Å². The lowest BCUT2D eigenvalue weighted by Gasteiger charge is -2.16. The van der Waals surface area contributed by atoms with Crippen molar-refractivity contribution in [1.29, 1.82) is 5.41 Å². The molecule has 0 atom stereocenters. The Bertz CT molecular complexity index is 506. The molecule has 0 amide bonds. The number of benzene rings is 1. The number of hydrogen-bond acceptors (Lipinski definition) is 4. The van der Waals surface area contributed by atoms with E-state index in [2.05, 4.69) is 0 Å². The zero-order chi connectivity index (χ0) is 11.8.